The molecule has 0 bridgehead atoms. The summed E-state index contributed by atoms with van der Waals surface area (Å²) in [5, 5.41) is 17.2. The number of hydrogen-bond acceptors (Lipinski definition) is 5. The number of aromatic nitrogens is 2. The Morgan fingerprint density at radius 2 is 1.93 bits per heavy atom. The summed E-state index contributed by atoms with van der Waals surface area (Å²) in [7, 11) is 0. The van der Waals surface area contributed by atoms with Crippen LogP contribution in [0, 0.1) is 31.0 Å². The standard InChI is InChI=1S/C21H18FN5O2/c1-14-20(15(2)27(26-14)18-7-5-17(22)6-8-18)12-24-25-21(28)13-29-19-9-3-16(11-23)4-10-19/h3-10,12H,13H2,1-2H3,(H,25,28)/b24-12-. The van der Waals surface area contributed by atoms with Crippen molar-refractivity contribution in [1.82, 2.24) is 15.2 Å². The molecule has 146 valence electrons. The van der Waals surface area contributed by atoms with Crippen LogP contribution in [-0.2, 0) is 4.79 Å². The average Bonchev–Trinajstić information content (AvgIpc) is 3.01. The molecule has 1 N–H and O–H groups in total. The molecule has 8 heteroatoms. The Balaban J connectivity index is 1.60. The number of hydrogen-bond donors (Lipinski definition) is 1. The lowest BCUT2D eigenvalue weighted by Crippen LogP contribution is -2.24. The molecule has 0 atom stereocenters. The van der Waals surface area contributed by atoms with Gasteiger partial charge in [0.1, 0.15) is 11.6 Å². The second-order valence-electron chi connectivity index (χ2n) is 6.19. The highest BCUT2D eigenvalue weighted by molar-refractivity contribution is 5.85. The van der Waals surface area contributed by atoms with Crippen LogP contribution >= 0.6 is 0 Å². The largest absolute Gasteiger partial charge is 0.484 e. The van der Waals surface area contributed by atoms with Gasteiger partial charge in [-0.25, -0.2) is 14.5 Å². The zero-order chi connectivity index (χ0) is 20.8. The lowest BCUT2D eigenvalue weighted by molar-refractivity contribution is -0.123. The Labute approximate surface area is 167 Å². The van der Waals surface area contributed by atoms with Gasteiger partial charge in [0, 0.05) is 5.56 Å². The van der Waals surface area contributed by atoms with Crippen LogP contribution in [0.2, 0.25) is 0 Å². The van der Waals surface area contributed by atoms with Crippen LogP contribution in [0.25, 0.3) is 5.69 Å². The molecule has 3 aromatic rings. The minimum atomic E-state index is -0.424. The van der Waals surface area contributed by atoms with Gasteiger partial charge in [-0.3, -0.25) is 4.79 Å². The first-order chi connectivity index (χ1) is 14.0. The molecule has 0 spiro atoms. The van der Waals surface area contributed by atoms with Crippen LogP contribution in [0.5, 0.6) is 5.75 Å². The number of benzene rings is 2. The van der Waals surface area contributed by atoms with Gasteiger partial charge in [-0.15, -0.1) is 0 Å². The number of ether oxygens (including phenoxy) is 1. The number of nitrogens with one attached hydrogen (secondary N) is 1. The van der Waals surface area contributed by atoms with E-state index in [2.05, 4.69) is 15.6 Å². The summed E-state index contributed by atoms with van der Waals surface area (Å²) in [6.07, 6.45) is 1.51. The van der Waals surface area contributed by atoms with Crippen molar-refractivity contribution in [3.63, 3.8) is 0 Å². The van der Waals surface area contributed by atoms with E-state index in [0.29, 0.717) is 11.3 Å². The van der Waals surface area contributed by atoms with E-state index in [4.69, 9.17) is 10.00 Å². The molecule has 0 aliphatic carbocycles. The first-order valence-electron chi connectivity index (χ1n) is 8.75. The number of halogens is 1. The minimum absolute atomic E-state index is 0.212. The fraction of sp³-hybridized carbons (Fsp3) is 0.143. The summed E-state index contributed by atoms with van der Waals surface area (Å²) < 4.78 is 20.2. The smallest absolute Gasteiger partial charge is 0.277 e. The lowest BCUT2D eigenvalue weighted by atomic mass is 10.2. The summed E-state index contributed by atoms with van der Waals surface area (Å²) >= 11 is 0. The van der Waals surface area contributed by atoms with Gasteiger partial charge in [-0.2, -0.15) is 15.5 Å². The third kappa shape index (κ3) is 4.84. The molecule has 0 saturated heterocycles. The number of nitriles is 1. The van der Waals surface area contributed by atoms with Crippen LogP contribution in [0.15, 0.2) is 53.6 Å². The fourth-order valence-electron chi connectivity index (χ4n) is 2.65. The highest BCUT2D eigenvalue weighted by Gasteiger charge is 2.11. The number of nitrogens with zero attached hydrogens (tertiary/aromatic N) is 4. The summed E-state index contributed by atoms with van der Waals surface area (Å²) in [6, 6.07) is 14.5. The lowest BCUT2D eigenvalue weighted by Gasteiger charge is -2.05. The predicted octanol–water partition coefficient (Wildman–Crippen LogP) is 3.03. The van der Waals surface area contributed by atoms with Crippen molar-refractivity contribution < 1.29 is 13.9 Å². The van der Waals surface area contributed by atoms with Crippen molar-refractivity contribution >= 4 is 12.1 Å². The van der Waals surface area contributed by atoms with E-state index >= 15 is 0 Å². The highest BCUT2D eigenvalue weighted by atomic mass is 19.1. The average molecular weight is 391 g/mol. The van der Waals surface area contributed by atoms with E-state index in [1.54, 1.807) is 41.1 Å². The molecule has 1 aromatic heterocycles. The fourth-order valence-corrected chi connectivity index (χ4v) is 2.65. The van der Waals surface area contributed by atoms with Crippen molar-refractivity contribution in [1.29, 1.82) is 5.26 Å². The molecule has 7 nitrogen and oxygen atoms in total. The third-order valence-electron chi connectivity index (χ3n) is 4.15. The van der Waals surface area contributed by atoms with Crippen LogP contribution in [0.1, 0.15) is 22.5 Å². The van der Waals surface area contributed by atoms with Crippen molar-refractivity contribution in [2.45, 2.75) is 13.8 Å². The number of hydrazone groups is 1. The molecule has 29 heavy (non-hydrogen) atoms. The molecule has 3 rings (SSSR count). The van der Waals surface area contributed by atoms with Crippen molar-refractivity contribution in [3.05, 3.63) is 76.9 Å². The molecular weight excluding hydrogens is 373 g/mol. The Morgan fingerprint density at radius 1 is 1.24 bits per heavy atom. The molecule has 0 unspecified atom stereocenters. The van der Waals surface area contributed by atoms with Crippen LogP contribution in [-0.4, -0.2) is 28.5 Å². The van der Waals surface area contributed by atoms with E-state index in [9.17, 15) is 9.18 Å². The monoisotopic (exact) mass is 391 g/mol. The zero-order valence-corrected chi connectivity index (χ0v) is 15.9. The molecule has 2 aromatic carbocycles. The Kier molecular flexibility index (Phi) is 6.00. The SMILES string of the molecule is Cc1nn(-c2ccc(F)cc2)c(C)c1/C=N\NC(=O)COc1ccc(C#N)cc1. The second-order valence-corrected chi connectivity index (χ2v) is 6.19. The first kappa shape index (κ1) is 19.8. The normalized spacial score (nSPS) is 10.7. The van der Waals surface area contributed by atoms with Gasteiger partial charge in [0.25, 0.3) is 5.91 Å². The maximum Gasteiger partial charge on any atom is 0.277 e. The van der Waals surface area contributed by atoms with Crippen molar-refractivity contribution in [2.24, 2.45) is 5.10 Å². The number of aryl methyl sites for hydroxylation is 1. The summed E-state index contributed by atoms with van der Waals surface area (Å²) in [5.41, 5.74) is 5.92. The molecule has 0 aliphatic heterocycles. The molecule has 0 aliphatic rings. The Morgan fingerprint density at radius 3 is 2.59 bits per heavy atom. The number of amides is 1. The third-order valence-corrected chi connectivity index (χ3v) is 4.15. The number of carbonyl (C=O) groups is 1. The summed E-state index contributed by atoms with van der Waals surface area (Å²) in [4.78, 5) is 11.9. The van der Waals surface area contributed by atoms with E-state index in [1.165, 1.54) is 18.3 Å². The Bertz CT molecular complexity index is 1080. The van der Waals surface area contributed by atoms with Gasteiger partial charge in [0.15, 0.2) is 6.61 Å². The maximum atomic E-state index is 13.1. The minimum Gasteiger partial charge on any atom is -0.484 e. The Hall–Kier alpha value is -3.99. The molecule has 1 amide bonds. The van der Waals surface area contributed by atoms with Crippen LogP contribution in [0.3, 0.4) is 0 Å². The predicted molar refractivity (Wildman–Crippen MR) is 105 cm³/mol. The molecule has 0 fully saturated rings. The number of rotatable bonds is 6. The quantitative estimate of drug-likeness (QED) is 0.516. The van der Waals surface area contributed by atoms with Gasteiger partial charge in [-0.05, 0) is 62.4 Å². The topological polar surface area (TPSA) is 92.3 Å². The van der Waals surface area contributed by atoms with E-state index in [0.717, 1.165) is 22.6 Å². The van der Waals surface area contributed by atoms with Gasteiger partial charge in [0.2, 0.25) is 0 Å². The van der Waals surface area contributed by atoms with Crippen molar-refractivity contribution in [3.8, 4) is 17.5 Å². The molecule has 0 radical (unpaired) electrons. The van der Waals surface area contributed by atoms with E-state index < -0.39 is 5.91 Å². The summed E-state index contributed by atoms with van der Waals surface area (Å²) in [5.74, 6) is -0.259. The first-order valence-corrected chi connectivity index (χ1v) is 8.75. The molecular formula is C21H18FN5O2. The van der Waals surface area contributed by atoms with Crippen LogP contribution in [0.4, 0.5) is 4.39 Å². The van der Waals surface area contributed by atoms with Gasteiger partial charge in [-0.1, -0.05) is 0 Å². The summed E-state index contributed by atoms with van der Waals surface area (Å²) in [6.45, 7) is 3.47. The maximum absolute atomic E-state index is 13.1. The van der Waals surface area contributed by atoms with E-state index in [-0.39, 0.29) is 12.4 Å². The van der Waals surface area contributed by atoms with Gasteiger partial charge in [0.05, 0.1) is 34.9 Å². The van der Waals surface area contributed by atoms with Crippen molar-refractivity contribution in [2.75, 3.05) is 6.61 Å². The second kappa shape index (κ2) is 8.80. The van der Waals surface area contributed by atoms with Gasteiger partial charge >= 0.3 is 0 Å². The molecule has 0 saturated carbocycles. The van der Waals surface area contributed by atoms with Gasteiger partial charge < -0.3 is 4.74 Å². The zero-order valence-electron chi connectivity index (χ0n) is 15.9. The van der Waals surface area contributed by atoms with Crippen LogP contribution < -0.4 is 10.2 Å². The molecule has 1 heterocycles. The van der Waals surface area contributed by atoms with E-state index in [1.807, 2.05) is 19.9 Å². The number of carbonyl (C=O) groups excluding carboxylic acids is 1. The highest BCUT2D eigenvalue weighted by Crippen LogP contribution is 2.17.